The molecule has 0 saturated heterocycles. The van der Waals surface area contributed by atoms with Crippen molar-refractivity contribution < 1.29 is 5.11 Å². The molecule has 74 valence electrons. The number of hydrogen-bond acceptors (Lipinski definition) is 1. The van der Waals surface area contributed by atoms with Crippen LogP contribution in [0.3, 0.4) is 0 Å². The summed E-state index contributed by atoms with van der Waals surface area (Å²) < 4.78 is 0. The highest BCUT2D eigenvalue weighted by molar-refractivity contribution is 4.96. The quantitative estimate of drug-likeness (QED) is 0.659. The second-order valence-corrected chi connectivity index (χ2v) is 3.87. The topological polar surface area (TPSA) is 20.2 Å². The van der Waals surface area contributed by atoms with Gasteiger partial charge in [-0.05, 0) is 25.2 Å². The maximum Gasteiger partial charge on any atom is 0.0755 e. The van der Waals surface area contributed by atoms with E-state index in [0.29, 0.717) is 12.3 Å². The van der Waals surface area contributed by atoms with Gasteiger partial charge in [0, 0.05) is 0 Å². The van der Waals surface area contributed by atoms with E-state index in [1.165, 1.54) is 32.1 Å². The van der Waals surface area contributed by atoms with E-state index in [2.05, 4.69) is 12.7 Å². The van der Waals surface area contributed by atoms with E-state index < -0.39 is 0 Å². The summed E-state index contributed by atoms with van der Waals surface area (Å²) in [7, 11) is 0. The molecule has 1 rings (SSSR count). The van der Waals surface area contributed by atoms with E-state index in [4.69, 9.17) is 0 Å². The van der Waals surface area contributed by atoms with Gasteiger partial charge in [-0.25, -0.2) is 0 Å². The molecule has 0 aromatic rings. The van der Waals surface area contributed by atoms with Crippen LogP contribution in [0.25, 0.3) is 0 Å². The van der Waals surface area contributed by atoms with Gasteiger partial charge in [0.2, 0.25) is 0 Å². The molecule has 1 nitrogen and oxygen atoms in total. The second kappa shape index (κ2) is 5.98. The molecule has 0 aliphatic heterocycles. The molecule has 0 aromatic heterocycles. The molecule has 1 fully saturated rings. The minimum absolute atomic E-state index is 0.320. The van der Waals surface area contributed by atoms with E-state index in [1.807, 2.05) is 6.08 Å². The van der Waals surface area contributed by atoms with Crippen molar-refractivity contribution in [2.75, 3.05) is 0 Å². The van der Waals surface area contributed by atoms with Crippen molar-refractivity contribution in [1.82, 2.24) is 0 Å². The zero-order valence-corrected chi connectivity index (χ0v) is 8.28. The third-order valence-corrected chi connectivity index (χ3v) is 2.66. The SMILES string of the molecule is C=CCC(O)/C=C/C1CCCCC1. The van der Waals surface area contributed by atoms with Crippen LogP contribution in [-0.4, -0.2) is 11.2 Å². The first-order valence-electron chi connectivity index (χ1n) is 5.30. The Labute approximate surface area is 81.2 Å². The Morgan fingerprint density at radius 1 is 1.31 bits per heavy atom. The zero-order chi connectivity index (χ0) is 9.52. The number of allylic oxidation sites excluding steroid dienone is 1. The van der Waals surface area contributed by atoms with E-state index in [1.54, 1.807) is 6.08 Å². The highest BCUT2D eigenvalue weighted by Crippen LogP contribution is 2.24. The van der Waals surface area contributed by atoms with Gasteiger partial charge >= 0.3 is 0 Å². The Balaban J connectivity index is 2.24. The fourth-order valence-electron chi connectivity index (χ4n) is 1.86. The van der Waals surface area contributed by atoms with Crippen LogP contribution in [0.5, 0.6) is 0 Å². The first-order valence-corrected chi connectivity index (χ1v) is 5.30. The largest absolute Gasteiger partial charge is 0.389 e. The van der Waals surface area contributed by atoms with Gasteiger partial charge in [-0.3, -0.25) is 0 Å². The highest BCUT2D eigenvalue weighted by Gasteiger charge is 2.09. The normalized spacial score (nSPS) is 21.9. The molecule has 1 N–H and O–H groups in total. The Morgan fingerprint density at radius 3 is 2.62 bits per heavy atom. The molecule has 0 aromatic carbocycles. The summed E-state index contributed by atoms with van der Waals surface area (Å²) in [5.41, 5.74) is 0. The molecule has 0 heterocycles. The van der Waals surface area contributed by atoms with Crippen LogP contribution in [0.15, 0.2) is 24.8 Å². The van der Waals surface area contributed by atoms with Gasteiger partial charge in [0.25, 0.3) is 0 Å². The summed E-state index contributed by atoms with van der Waals surface area (Å²) in [6, 6.07) is 0. The first-order chi connectivity index (χ1) is 6.33. The van der Waals surface area contributed by atoms with Crippen molar-refractivity contribution in [3.63, 3.8) is 0 Å². The standard InChI is InChI=1S/C12H20O/c1-2-6-12(13)10-9-11-7-4-3-5-8-11/h2,9-13H,1,3-8H2/b10-9+. The van der Waals surface area contributed by atoms with Crippen molar-refractivity contribution in [2.24, 2.45) is 5.92 Å². The van der Waals surface area contributed by atoms with Crippen LogP contribution in [0, 0.1) is 5.92 Å². The summed E-state index contributed by atoms with van der Waals surface area (Å²) in [6.45, 7) is 3.60. The van der Waals surface area contributed by atoms with Crippen molar-refractivity contribution >= 4 is 0 Å². The first kappa shape index (κ1) is 10.5. The lowest BCUT2D eigenvalue weighted by atomic mass is 9.89. The Hall–Kier alpha value is -0.560. The van der Waals surface area contributed by atoms with E-state index in [-0.39, 0.29) is 6.10 Å². The highest BCUT2D eigenvalue weighted by atomic mass is 16.3. The molecule has 1 saturated carbocycles. The minimum atomic E-state index is -0.320. The van der Waals surface area contributed by atoms with Crippen LogP contribution in [-0.2, 0) is 0 Å². The van der Waals surface area contributed by atoms with Gasteiger partial charge < -0.3 is 5.11 Å². The number of aliphatic hydroxyl groups excluding tert-OH is 1. The van der Waals surface area contributed by atoms with Crippen LogP contribution >= 0.6 is 0 Å². The van der Waals surface area contributed by atoms with Gasteiger partial charge in [0.1, 0.15) is 0 Å². The molecule has 1 atom stereocenters. The van der Waals surface area contributed by atoms with Crippen molar-refractivity contribution in [3.8, 4) is 0 Å². The predicted molar refractivity (Wildman–Crippen MR) is 56.5 cm³/mol. The summed E-state index contributed by atoms with van der Waals surface area (Å²) in [4.78, 5) is 0. The molecule has 0 spiro atoms. The zero-order valence-electron chi connectivity index (χ0n) is 8.28. The molecule has 0 amide bonds. The predicted octanol–water partition coefficient (Wildman–Crippen LogP) is 3.06. The van der Waals surface area contributed by atoms with Crippen LogP contribution in [0.4, 0.5) is 0 Å². The van der Waals surface area contributed by atoms with Crippen LogP contribution in [0.2, 0.25) is 0 Å². The van der Waals surface area contributed by atoms with E-state index in [0.717, 1.165) is 0 Å². The third-order valence-electron chi connectivity index (χ3n) is 2.66. The van der Waals surface area contributed by atoms with Gasteiger partial charge in [0.05, 0.1) is 6.10 Å². The maximum atomic E-state index is 9.42. The monoisotopic (exact) mass is 180 g/mol. The number of rotatable bonds is 4. The average molecular weight is 180 g/mol. The molecular weight excluding hydrogens is 160 g/mol. The van der Waals surface area contributed by atoms with Crippen LogP contribution < -0.4 is 0 Å². The molecule has 1 aliphatic carbocycles. The molecule has 1 unspecified atom stereocenters. The molecule has 1 heteroatoms. The van der Waals surface area contributed by atoms with Gasteiger partial charge in [-0.1, -0.05) is 37.5 Å². The van der Waals surface area contributed by atoms with E-state index >= 15 is 0 Å². The smallest absolute Gasteiger partial charge is 0.0755 e. The van der Waals surface area contributed by atoms with Gasteiger partial charge in [-0.15, -0.1) is 6.58 Å². The summed E-state index contributed by atoms with van der Waals surface area (Å²) in [6.07, 6.45) is 12.9. The van der Waals surface area contributed by atoms with Crippen LogP contribution in [0.1, 0.15) is 38.5 Å². The lowest BCUT2D eigenvalue weighted by Crippen LogP contribution is -2.05. The Morgan fingerprint density at radius 2 is 2.00 bits per heavy atom. The number of hydrogen-bond donors (Lipinski definition) is 1. The van der Waals surface area contributed by atoms with E-state index in [9.17, 15) is 5.11 Å². The van der Waals surface area contributed by atoms with Gasteiger partial charge in [-0.2, -0.15) is 0 Å². The summed E-state index contributed by atoms with van der Waals surface area (Å²) in [5, 5.41) is 9.42. The molecule has 0 bridgehead atoms. The second-order valence-electron chi connectivity index (χ2n) is 3.87. The van der Waals surface area contributed by atoms with Crippen molar-refractivity contribution in [1.29, 1.82) is 0 Å². The Kier molecular flexibility index (Phi) is 4.84. The third kappa shape index (κ3) is 4.28. The maximum absolute atomic E-state index is 9.42. The average Bonchev–Trinajstić information content (AvgIpc) is 2.17. The molecular formula is C12H20O. The molecule has 13 heavy (non-hydrogen) atoms. The number of aliphatic hydroxyl groups is 1. The lowest BCUT2D eigenvalue weighted by Gasteiger charge is -2.18. The fraction of sp³-hybridized carbons (Fsp3) is 0.667. The lowest BCUT2D eigenvalue weighted by molar-refractivity contribution is 0.225. The van der Waals surface area contributed by atoms with Gasteiger partial charge in [0.15, 0.2) is 0 Å². The van der Waals surface area contributed by atoms with Crippen molar-refractivity contribution in [2.45, 2.75) is 44.6 Å². The fourth-order valence-corrected chi connectivity index (χ4v) is 1.86. The molecule has 1 aliphatic rings. The van der Waals surface area contributed by atoms with Crippen molar-refractivity contribution in [3.05, 3.63) is 24.8 Å². The Bertz CT molecular complexity index is 166. The summed E-state index contributed by atoms with van der Waals surface area (Å²) >= 11 is 0. The summed E-state index contributed by atoms with van der Waals surface area (Å²) in [5.74, 6) is 0.716. The minimum Gasteiger partial charge on any atom is -0.389 e. The molecule has 0 radical (unpaired) electrons.